The maximum absolute atomic E-state index is 10.4. The van der Waals surface area contributed by atoms with Crippen molar-refractivity contribution in [2.45, 2.75) is 13.1 Å². The van der Waals surface area contributed by atoms with Crippen LogP contribution in [0.5, 0.6) is 0 Å². The zero-order valence-electron chi connectivity index (χ0n) is 4.23. The molecule has 0 amide bonds. The Morgan fingerprint density at radius 1 is 1.33 bits per heavy atom. The van der Waals surface area contributed by atoms with Crippen molar-refractivity contribution in [2.24, 2.45) is 0 Å². The molecule has 0 atom stereocenters. The molecule has 0 aromatic carbocycles. The highest BCUT2D eigenvalue weighted by Crippen LogP contribution is 1.78. The van der Waals surface area contributed by atoms with Crippen molar-refractivity contribution in [2.75, 3.05) is 0 Å². The molecule has 0 saturated carbocycles. The highest BCUT2D eigenvalue weighted by atomic mass is 32.6. The molecule has 0 unspecified atom stereocenters. The lowest BCUT2D eigenvalue weighted by molar-refractivity contribution is 0.619. The minimum Gasteiger partial charge on any atom is -0.647 e. The third kappa shape index (κ3) is 2.95. The topological polar surface area (TPSA) is 23.1 Å². The Bertz CT molecular complexity index is 30.7. The summed E-state index contributed by atoms with van der Waals surface area (Å²) in [6, 6.07) is 0. The fourth-order valence-electron chi connectivity index (χ4n) is 0.204. The second kappa shape index (κ2) is 3.92. The fourth-order valence-corrected chi connectivity index (χ4v) is 5.51. The number of hydrogen-bond donors (Lipinski definition) is 0. The van der Waals surface area contributed by atoms with Gasteiger partial charge in [-0.05, 0) is 13.1 Å². The molecule has 0 aliphatic heterocycles. The molecule has 0 N–H and O–H groups in total. The highest BCUT2D eigenvalue weighted by molar-refractivity contribution is 8.33. The van der Waals surface area contributed by atoms with Crippen LogP contribution in [-0.2, 0) is 10.1 Å². The molecular formula is C2H10OSSi2. The summed E-state index contributed by atoms with van der Waals surface area (Å²) in [5, 5.41) is 0. The number of rotatable bonds is 2. The van der Waals surface area contributed by atoms with Gasteiger partial charge in [0.15, 0.2) is 0 Å². The molecule has 0 fully saturated rings. The molecule has 0 spiro atoms. The molecule has 4 heteroatoms. The van der Waals surface area contributed by atoms with Gasteiger partial charge in [0.05, 0.1) is 0 Å². The van der Waals surface area contributed by atoms with E-state index < -0.39 is 0 Å². The van der Waals surface area contributed by atoms with Crippen molar-refractivity contribution >= 4 is 27.4 Å². The molecule has 0 aliphatic rings. The van der Waals surface area contributed by atoms with Gasteiger partial charge in [-0.3, -0.25) is 0 Å². The van der Waals surface area contributed by atoms with E-state index in [0.717, 1.165) is 0 Å². The molecule has 0 rings (SSSR count). The Labute approximate surface area is 45.6 Å². The maximum Gasteiger partial charge on any atom is 0.243 e. The molecule has 0 aliphatic carbocycles. The molecule has 38 valence electrons. The van der Waals surface area contributed by atoms with Crippen LogP contribution in [0.4, 0.5) is 0 Å². The fraction of sp³-hybridized carbons (Fsp3) is 1.00. The minimum atomic E-state index is -0.256. The summed E-state index contributed by atoms with van der Waals surface area (Å²) < 4.78 is 10.4. The Kier molecular flexibility index (Phi) is 4.40. The summed E-state index contributed by atoms with van der Waals surface area (Å²) in [7, 11) is -0.512. The molecule has 0 heterocycles. The Hall–Kier alpha value is 0.744. The SMILES string of the molecule is C[SiH2][S+]([O-])[SiH2]C. The molecule has 6 heavy (non-hydrogen) atoms. The predicted molar refractivity (Wildman–Crippen MR) is 37.0 cm³/mol. The lowest BCUT2D eigenvalue weighted by Crippen LogP contribution is -2.11. The molecule has 0 bridgehead atoms. The van der Waals surface area contributed by atoms with E-state index >= 15 is 0 Å². The second-order valence-electron chi connectivity index (χ2n) is 1.02. The van der Waals surface area contributed by atoms with E-state index in [1.807, 2.05) is 0 Å². The van der Waals surface area contributed by atoms with E-state index in [1.54, 1.807) is 0 Å². The molecule has 0 radical (unpaired) electrons. The van der Waals surface area contributed by atoms with Gasteiger partial charge in [0.25, 0.3) is 0 Å². The van der Waals surface area contributed by atoms with Crippen LogP contribution in [0.1, 0.15) is 0 Å². The van der Waals surface area contributed by atoms with Crippen molar-refractivity contribution in [1.82, 2.24) is 0 Å². The van der Waals surface area contributed by atoms with Gasteiger partial charge in [-0.1, -0.05) is 0 Å². The van der Waals surface area contributed by atoms with Gasteiger partial charge in [0.1, 0.15) is 0 Å². The monoisotopic (exact) mass is 138 g/mol. The van der Waals surface area contributed by atoms with Gasteiger partial charge in [-0.25, -0.2) is 0 Å². The van der Waals surface area contributed by atoms with Gasteiger partial charge < -0.3 is 4.55 Å². The van der Waals surface area contributed by atoms with Gasteiger partial charge in [0.2, 0.25) is 17.3 Å². The van der Waals surface area contributed by atoms with Crippen molar-refractivity contribution in [3.05, 3.63) is 0 Å². The van der Waals surface area contributed by atoms with E-state index in [-0.39, 0.29) is 27.4 Å². The largest absolute Gasteiger partial charge is 0.647 e. The molecule has 0 saturated heterocycles. The first kappa shape index (κ1) is 6.74. The summed E-state index contributed by atoms with van der Waals surface area (Å²) in [5.41, 5.74) is 0. The second-order valence-corrected chi connectivity index (χ2v) is 12.8. The minimum absolute atomic E-state index is 0.128. The van der Waals surface area contributed by atoms with Crippen LogP contribution in [0.3, 0.4) is 0 Å². The van der Waals surface area contributed by atoms with Gasteiger partial charge in [-0.2, -0.15) is 10.1 Å². The summed E-state index contributed by atoms with van der Waals surface area (Å²) >= 11 is 0. The average molecular weight is 138 g/mol. The zero-order valence-corrected chi connectivity index (χ0v) is 7.88. The summed E-state index contributed by atoms with van der Waals surface area (Å²) in [6.07, 6.45) is 0. The lowest BCUT2D eigenvalue weighted by atomic mass is 11.9. The van der Waals surface area contributed by atoms with Crippen LogP contribution in [0.2, 0.25) is 13.1 Å². The van der Waals surface area contributed by atoms with Crippen LogP contribution in [0, 0.1) is 0 Å². The first-order valence-electron chi connectivity index (χ1n) is 2.16. The van der Waals surface area contributed by atoms with E-state index in [9.17, 15) is 4.55 Å². The predicted octanol–water partition coefficient (Wildman–Crippen LogP) is -1.00. The van der Waals surface area contributed by atoms with Crippen molar-refractivity contribution < 1.29 is 4.55 Å². The van der Waals surface area contributed by atoms with Crippen LogP contribution in [-0.4, -0.2) is 21.9 Å². The van der Waals surface area contributed by atoms with Crippen molar-refractivity contribution in [3.8, 4) is 0 Å². The van der Waals surface area contributed by atoms with Crippen LogP contribution < -0.4 is 0 Å². The first-order valence-corrected chi connectivity index (χ1v) is 9.94. The summed E-state index contributed by atoms with van der Waals surface area (Å²) in [5.74, 6) is 0. The molecule has 1 nitrogen and oxygen atoms in total. The summed E-state index contributed by atoms with van der Waals surface area (Å²) in [4.78, 5) is 0. The molecule has 0 aromatic rings. The smallest absolute Gasteiger partial charge is 0.243 e. The Morgan fingerprint density at radius 2 is 1.67 bits per heavy atom. The lowest BCUT2D eigenvalue weighted by Gasteiger charge is -2.03. The number of hydrogen-bond acceptors (Lipinski definition) is 1. The quantitative estimate of drug-likeness (QED) is 0.354. The first-order chi connectivity index (χ1) is 2.81. The Balaban J connectivity index is 2.75. The highest BCUT2D eigenvalue weighted by Gasteiger charge is 1.92. The average Bonchev–Trinajstić information content (AvgIpc) is 1.65. The van der Waals surface area contributed by atoms with E-state index in [1.165, 1.54) is 0 Å². The third-order valence-electron chi connectivity index (χ3n) is 0.644. The van der Waals surface area contributed by atoms with Gasteiger partial charge in [0, 0.05) is 0 Å². The normalized spacial score (nSPS) is 18.5. The van der Waals surface area contributed by atoms with Crippen LogP contribution in [0.15, 0.2) is 0 Å². The van der Waals surface area contributed by atoms with Gasteiger partial charge >= 0.3 is 0 Å². The summed E-state index contributed by atoms with van der Waals surface area (Å²) in [6.45, 7) is 4.21. The third-order valence-corrected chi connectivity index (χ3v) is 13.1. The standard InChI is InChI=1S/C2H10OSSi2/c1-5-4(3)6-2/h5-6H2,1-2H3. The molecule has 0 aromatic heterocycles. The van der Waals surface area contributed by atoms with E-state index in [0.29, 0.717) is 0 Å². The Morgan fingerprint density at radius 3 is 1.67 bits per heavy atom. The molecular weight excluding hydrogens is 128 g/mol. The van der Waals surface area contributed by atoms with E-state index in [2.05, 4.69) is 13.1 Å². The van der Waals surface area contributed by atoms with E-state index in [4.69, 9.17) is 0 Å². The zero-order chi connectivity index (χ0) is 4.99. The van der Waals surface area contributed by atoms with Crippen molar-refractivity contribution in [1.29, 1.82) is 0 Å². The van der Waals surface area contributed by atoms with Gasteiger partial charge in [-0.15, -0.1) is 0 Å². The van der Waals surface area contributed by atoms with Crippen LogP contribution in [0.25, 0.3) is 0 Å². The maximum atomic E-state index is 10.4. The van der Waals surface area contributed by atoms with Crippen LogP contribution >= 0.6 is 0 Å². The van der Waals surface area contributed by atoms with Crippen molar-refractivity contribution in [3.63, 3.8) is 0 Å².